The van der Waals surface area contributed by atoms with E-state index in [0.29, 0.717) is 37.6 Å². The third-order valence-electron chi connectivity index (χ3n) is 3.47. The van der Waals surface area contributed by atoms with Gasteiger partial charge in [-0.1, -0.05) is 35.5 Å². The van der Waals surface area contributed by atoms with Crippen LogP contribution < -0.4 is 10.6 Å². The van der Waals surface area contributed by atoms with E-state index in [4.69, 9.17) is 15.0 Å². The first-order valence-electron chi connectivity index (χ1n) is 6.90. The van der Waals surface area contributed by atoms with E-state index in [1.807, 2.05) is 11.0 Å². The van der Waals surface area contributed by atoms with Crippen LogP contribution in [-0.4, -0.2) is 43.2 Å². The van der Waals surface area contributed by atoms with Gasteiger partial charge in [0.05, 0.1) is 13.2 Å². The standard InChI is InChI=1S/C15H15N3O4/c16-15(20)11-12(18-6-8-21-9-7-18)14(22-17-11)13(19)10-4-2-1-3-5-10/h1-5H,6-9H2,(H2,16,20). The molecule has 0 spiro atoms. The minimum absolute atomic E-state index is 0.0267. The van der Waals surface area contributed by atoms with Gasteiger partial charge in [0, 0.05) is 18.7 Å². The molecule has 1 fully saturated rings. The van der Waals surface area contributed by atoms with E-state index in [1.54, 1.807) is 24.3 Å². The number of rotatable bonds is 4. The van der Waals surface area contributed by atoms with Crippen molar-refractivity contribution < 1.29 is 18.8 Å². The Morgan fingerprint density at radius 2 is 1.82 bits per heavy atom. The van der Waals surface area contributed by atoms with Gasteiger partial charge in [-0.3, -0.25) is 9.59 Å². The molecule has 0 bridgehead atoms. The van der Waals surface area contributed by atoms with Crippen LogP contribution in [0, 0.1) is 0 Å². The van der Waals surface area contributed by atoms with Crippen molar-refractivity contribution in [3.63, 3.8) is 0 Å². The minimum Gasteiger partial charge on any atom is -0.378 e. The van der Waals surface area contributed by atoms with Crippen molar-refractivity contribution in [3.8, 4) is 0 Å². The number of nitrogens with two attached hydrogens (primary N) is 1. The van der Waals surface area contributed by atoms with Gasteiger partial charge in [-0.15, -0.1) is 0 Å². The van der Waals surface area contributed by atoms with Crippen molar-refractivity contribution in [2.24, 2.45) is 5.73 Å². The monoisotopic (exact) mass is 301 g/mol. The van der Waals surface area contributed by atoms with E-state index in [1.165, 1.54) is 0 Å². The van der Waals surface area contributed by atoms with Crippen LogP contribution in [0.2, 0.25) is 0 Å². The van der Waals surface area contributed by atoms with E-state index >= 15 is 0 Å². The molecule has 2 heterocycles. The van der Waals surface area contributed by atoms with Gasteiger partial charge in [-0.2, -0.15) is 0 Å². The average molecular weight is 301 g/mol. The molecule has 0 unspecified atom stereocenters. The molecule has 0 saturated carbocycles. The molecule has 7 heteroatoms. The van der Waals surface area contributed by atoms with Crippen LogP contribution in [0.1, 0.15) is 26.6 Å². The van der Waals surface area contributed by atoms with Gasteiger partial charge in [0.2, 0.25) is 11.5 Å². The fraction of sp³-hybridized carbons (Fsp3) is 0.267. The first kappa shape index (κ1) is 14.3. The third-order valence-corrected chi connectivity index (χ3v) is 3.47. The normalized spacial score (nSPS) is 14.8. The lowest BCUT2D eigenvalue weighted by Gasteiger charge is -2.28. The van der Waals surface area contributed by atoms with Gasteiger partial charge in [0.15, 0.2) is 5.69 Å². The second kappa shape index (κ2) is 5.98. The number of anilines is 1. The van der Waals surface area contributed by atoms with E-state index in [9.17, 15) is 9.59 Å². The number of hydrogen-bond donors (Lipinski definition) is 1. The maximum absolute atomic E-state index is 12.6. The number of carbonyl (C=O) groups is 2. The van der Waals surface area contributed by atoms with Crippen molar-refractivity contribution in [2.75, 3.05) is 31.2 Å². The maximum atomic E-state index is 12.6. The van der Waals surface area contributed by atoms with E-state index in [2.05, 4.69) is 5.16 Å². The van der Waals surface area contributed by atoms with Crippen molar-refractivity contribution in [1.29, 1.82) is 0 Å². The zero-order valence-electron chi connectivity index (χ0n) is 11.8. The first-order chi connectivity index (χ1) is 10.7. The zero-order chi connectivity index (χ0) is 15.5. The predicted molar refractivity (Wildman–Crippen MR) is 77.9 cm³/mol. The summed E-state index contributed by atoms with van der Waals surface area (Å²) in [6.07, 6.45) is 0. The summed E-state index contributed by atoms with van der Waals surface area (Å²) in [5.41, 5.74) is 6.13. The second-order valence-electron chi connectivity index (χ2n) is 4.87. The topological polar surface area (TPSA) is 98.7 Å². The Bertz CT molecular complexity index is 690. The van der Waals surface area contributed by atoms with Crippen LogP contribution in [-0.2, 0) is 4.74 Å². The number of hydrogen-bond acceptors (Lipinski definition) is 6. The Morgan fingerprint density at radius 1 is 1.14 bits per heavy atom. The van der Waals surface area contributed by atoms with Gasteiger partial charge in [0.1, 0.15) is 5.69 Å². The summed E-state index contributed by atoms with van der Waals surface area (Å²) in [6, 6.07) is 8.69. The number of aromatic nitrogens is 1. The Kier molecular flexibility index (Phi) is 3.88. The lowest BCUT2D eigenvalue weighted by Crippen LogP contribution is -2.38. The number of amides is 1. The molecule has 1 aliphatic rings. The lowest BCUT2D eigenvalue weighted by atomic mass is 10.1. The molecule has 3 rings (SSSR count). The minimum atomic E-state index is -0.725. The summed E-state index contributed by atoms with van der Waals surface area (Å²) in [5.74, 6) is -1.03. The molecule has 2 aromatic rings. The molecule has 114 valence electrons. The van der Waals surface area contributed by atoms with Crippen LogP contribution in [0.5, 0.6) is 0 Å². The summed E-state index contributed by atoms with van der Waals surface area (Å²) < 4.78 is 10.4. The molecule has 0 atom stereocenters. The highest BCUT2D eigenvalue weighted by Crippen LogP contribution is 2.28. The van der Waals surface area contributed by atoms with Crippen molar-refractivity contribution in [3.05, 3.63) is 47.3 Å². The Hall–Kier alpha value is -2.67. The van der Waals surface area contributed by atoms with Gasteiger partial charge in [-0.25, -0.2) is 0 Å². The fourth-order valence-electron chi connectivity index (χ4n) is 2.40. The highest BCUT2D eigenvalue weighted by molar-refractivity contribution is 6.13. The molecule has 1 saturated heterocycles. The third kappa shape index (κ3) is 2.58. The van der Waals surface area contributed by atoms with Crippen LogP contribution in [0.4, 0.5) is 5.69 Å². The molecule has 1 aromatic heterocycles. The largest absolute Gasteiger partial charge is 0.378 e. The van der Waals surface area contributed by atoms with Crippen molar-refractivity contribution in [2.45, 2.75) is 0 Å². The van der Waals surface area contributed by atoms with Crippen LogP contribution in [0.15, 0.2) is 34.9 Å². The number of nitrogens with zero attached hydrogens (tertiary/aromatic N) is 2. The van der Waals surface area contributed by atoms with Crippen molar-refractivity contribution in [1.82, 2.24) is 5.16 Å². The molecule has 7 nitrogen and oxygen atoms in total. The highest BCUT2D eigenvalue weighted by Gasteiger charge is 2.30. The smallest absolute Gasteiger partial charge is 0.273 e. The average Bonchev–Trinajstić information content (AvgIpc) is 3.01. The summed E-state index contributed by atoms with van der Waals surface area (Å²) in [5, 5.41) is 3.68. The molecule has 22 heavy (non-hydrogen) atoms. The van der Waals surface area contributed by atoms with Crippen LogP contribution in [0.3, 0.4) is 0 Å². The molecule has 0 radical (unpaired) electrons. The van der Waals surface area contributed by atoms with E-state index in [-0.39, 0.29) is 17.2 Å². The number of carbonyl (C=O) groups excluding carboxylic acids is 2. The first-order valence-corrected chi connectivity index (χ1v) is 6.90. The van der Waals surface area contributed by atoms with Gasteiger partial charge >= 0.3 is 0 Å². The molecule has 2 N–H and O–H groups in total. The Labute approximate surface area is 126 Å². The SMILES string of the molecule is NC(=O)c1noc(C(=O)c2ccccc2)c1N1CCOCC1. The molecular weight excluding hydrogens is 286 g/mol. The zero-order valence-corrected chi connectivity index (χ0v) is 11.8. The summed E-state index contributed by atoms with van der Waals surface area (Å²) >= 11 is 0. The highest BCUT2D eigenvalue weighted by atomic mass is 16.5. The molecule has 1 aliphatic heterocycles. The quantitative estimate of drug-likeness (QED) is 0.840. The number of morpholine rings is 1. The summed E-state index contributed by atoms with van der Waals surface area (Å²) in [7, 11) is 0. The number of primary amides is 1. The summed E-state index contributed by atoms with van der Waals surface area (Å²) in [6.45, 7) is 2.08. The molecule has 1 amide bonds. The van der Waals surface area contributed by atoms with Gasteiger partial charge in [0.25, 0.3) is 5.91 Å². The van der Waals surface area contributed by atoms with Crippen molar-refractivity contribution >= 4 is 17.4 Å². The van der Waals surface area contributed by atoms with Crippen LogP contribution >= 0.6 is 0 Å². The molecule has 0 aliphatic carbocycles. The number of ketones is 1. The second-order valence-corrected chi connectivity index (χ2v) is 4.87. The Morgan fingerprint density at radius 3 is 2.45 bits per heavy atom. The Balaban J connectivity index is 2.04. The molecule has 1 aromatic carbocycles. The fourth-order valence-corrected chi connectivity index (χ4v) is 2.40. The summed E-state index contributed by atoms with van der Waals surface area (Å²) in [4.78, 5) is 26.0. The number of benzene rings is 1. The van der Waals surface area contributed by atoms with Gasteiger partial charge in [-0.05, 0) is 0 Å². The van der Waals surface area contributed by atoms with Gasteiger partial charge < -0.3 is 19.9 Å². The maximum Gasteiger partial charge on any atom is 0.273 e. The van der Waals surface area contributed by atoms with Crippen LogP contribution in [0.25, 0.3) is 0 Å². The van der Waals surface area contributed by atoms with E-state index < -0.39 is 5.91 Å². The number of ether oxygens (including phenoxy) is 1. The lowest BCUT2D eigenvalue weighted by molar-refractivity contribution is 0.0979. The van der Waals surface area contributed by atoms with E-state index in [0.717, 1.165) is 0 Å². The predicted octanol–water partition coefficient (Wildman–Crippen LogP) is 0.841. The molecular formula is C15H15N3O4.